The van der Waals surface area contributed by atoms with Crippen LogP contribution in [0, 0.1) is 5.92 Å². The third-order valence-electron chi connectivity index (χ3n) is 3.77. The van der Waals surface area contributed by atoms with Gasteiger partial charge in [-0.2, -0.15) is 0 Å². The van der Waals surface area contributed by atoms with Gasteiger partial charge in [0.05, 0.1) is 6.61 Å². The van der Waals surface area contributed by atoms with Crippen LogP contribution in [0.25, 0.3) is 0 Å². The molecule has 0 radical (unpaired) electrons. The van der Waals surface area contributed by atoms with Gasteiger partial charge in [-0.3, -0.25) is 4.99 Å². The van der Waals surface area contributed by atoms with Crippen LogP contribution in [0.2, 0.25) is 0 Å². The number of hydrogen-bond donors (Lipinski definition) is 2. The number of methoxy groups -OCH3 is 1. The zero-order valence-corrected chi connectivity index (χ0v) is 19.3. The molecule has 0 fully saturated rings. The molecule has 2 rings (SSSR count). The van der Waals surface area contributed by atoms with Crippen molar-refractivity contribution in [1.82, 2.24) is 15.6 Å². The number of hydrogen-bond acceptors (Lipinski definition) is 5. The quantitative estimate of drug-likeness (QED) is 0.225. The first-order valence-electron chi connectivity index (χ1n) is 8.74. The maximum absolute atomic E-state index is 5.46. The minimum Gasteiger partial charge on any atom is -0.475 e. The number of nitrogens with zero attached hydrogens (tertiary/aromatic N) is 2. The molecule has 6 nitrogen and oxygen atoms in total. The van der Waals surface area contributed by atoms with E-state index < -0.39 is 0 Å². The van der Waals surface area contributed by atoms with E-state index in [4.69, 9.17) is 9.47 Å². The first kappa shape index (κ1) is 23.6. The number of ether oxygens (including phenoxy) is 2. The number of aliphatic imine (C=N–C) groups is 1. The Labute approximate surface area is 182 Å². The smallest absolute Gasteiger partial charge is 0.213 e. The van der Waals surface area contributed by atoms with Gasteiger partial charge >= 0.3 is 0 Å². The zero-order valence-electron chi connectivity index (χ0n) is 16.1. The van der Waals surface area contributed by atoms with Gasteiger partial charge in [0.15, 0.2) is 5.96 Å². The highest BCUT2D eigenvalue weighted by atomic mass is 127. The van der Waals surface area contributed by atoms with E-state index in [-0.39, 0.29) is 24.0 Å². The second-order valence-corrected chi connectivity index (χ2v) is 7.07. The van der Waals surface area contributed by atoms with E-state index in [0.29, 0.717) is 31.6 Å². The molecule has 0 aliphatic carbocycles. The van der Waals surface area contributed by atoms with Crippen molar-refractivity contribution in [3.63, 3.8) is 0 Å². The molecular weight excluding hydrogens is 475 g/mol. The standard InChI is InChI=1S/C19H28N4O2S.HI/c1-15(11-17-5-4-10-26-17)12-22-19(20-2)23-14-16-6-7-18(21-13-16)25-9-8-24-3;/h4-7,10,13,15H,8-9,11-12,14H2,1-3H3,(H2,20,22,23);1H. The summed E-state index contributed by atoms with van der Waals surface area (Å²) in [4.78, 5) is 9.99. The molecule has 0 saturated heterocycles. The fourth-order valence-corrected chi connectivity index (χ4v) is 3.22. The minimum absolute atomic E-state index is 0. The fourth-order valence-electron chi connectivity index (χ4n) is 2.35. The lowest BCUT2D eigenvalue weighted by Crippen LogP contribution is -2.39. The third kappa shape index (κ3) is 9.39. The lowest BCUT2D eigenvalue weighted by Gasteiger charge is -2.15. The molecule has 2 heterocycles. The topological polar surface area (TPSA) is 67.8 Å². The zero-order chi connectivity index (χ0) is 18.6. The van der Waals surface area contributed by atoms with Crippen molar-refractivity contribution < 1.29 is 9.47 Å². The first-order valence-corrected chi connectivity index (χ1v) is 9.62. The second kappa shape index (κ2) is 13.7. The monoisotopic (exact) mass is 504 g/mol. The number of thiophene rings is 1. The molecule has 8 heteroatoms. The van der Waals surface area contributed by atoms with Crippen molar-refractivity contribution in [3.05, 3.63) is 46.3 Å². The Hall–Kier alpha value is -1.39. The molecule has 2 N–H and O–H groups in total. The van der Waals surface area contributed by atoms with E-state index >= 15 is 0 Å². The third-order valence-corrected chi connectivity index (χ3v) is 4.66. The minimum atomic E-state index is 0. The van der Waals surface area contributed by atoms with E-state index in [1.54, 1.807) is 14.2 Å². The molecule has 1 unspecified atom stereocenters. The van der Waals surface area contributed by atoms with E-state index in [9.17, 15) is 0 Å². The van der Waals surface area contributed by atoms with Crippen molar-refractivity contribution in [3.8, 4) is 5.88 Å². The predicted molar refractivity (Wildman–Crippen MR) is 122 cm³/mol. The summed E-state index contributed by atoms with van der Waals surface area (Å²) in [6.45, 7) is 4.83. The summed E-state index contributed by atoms with van der Waals surface area (Å²) in [5.41, 5.74) is 1.07. The van der Waals surface area contributed by atoms with Crippen LogP contribution in [0.3, 0.4) is 0 Å². The lowest BCUT2D eigenvalue weighted by molar-refractivity contribution is 0.143. The Bertz CT molecular complexity index is 650. The first-order chi connectivity index (χ1) is 12.7. The molecule has 0 spiro atoms. The Balaban J connectivity index is 0.00000364. The largest absolute Gasteiger partial charge is 0.475 e. The molecular formula is C19H29IN4O2S. The summed E-state index contributed by atoms with van der Waals surface area (Å²) in [5.74, 6) is 1.94. The van der Waals surface area contributed by atoms with Gasteiger partial charge in [0.2, 0.25) is 5.88 Å². The Morgan fingerprint density at radius 2 is 2.11 bits per heavy atom. The normalized spacial score (nSPS) is 12.2. The van der Waals surface area contributed by atoms with Gasteiger partial charge in [0, 0.05) is 44.4 Å². The number of guanidine groups is 1. The molecule has 1 atom stereocenters. The Morgan fingerprint density at radius 3 is 2.74 bits per heavy atom. The van der Waals surface area contributed by atoms with Crippen LogP contribution in [0.4, 0.5) is 0 Å². The fraction of sp³-hybridized carbons (Fsp3) is 0.474. The maximum Gasteiger partial charge on any atom is 0.213 e. The summed E-state index contributed by atoms with van der Waals surface area (Å²) in [6.07, 6.45) is 2.89. The highest BCUT2D eigenvalue weighted by Gasteiger charge is 2.06. The van der Waals surface area contributed by atoms with Gasteiger partial charge in [-0.05, 0) is 29.3 Å². The number of nitrogens with one attached hydrogen (secondary N) is 2. The molecule has 0 aliphatic heterocycles. The molecule has 0 aliphatic rings. The number of halogens is 1. The highest BCUT2D eigenvalue weighted by Crippen LogP contribution is 2.13. The molecule has 2 aromatic rings. The van der Waals surface area contributed by atoms with Crippen LogP contribution >= 0.6 is 35.3 Å². The van der Waals surface area contributed by atoms with Crippen molar-refractivity contribution in [2.45, 2.75) is 19.9 Å². The summed E-state index contributed by atoms with van der Waals surface area (Å²) >= 11 is 1.81. The molecule has 0 amide bonds. The summed E-state index contributed by atoms with van der Waals surface area (Å²) in [5, 5.41) is 8.82. The van der Waals surface area contributed by atoms with Crippen LogP contribution < -0.4 is 15.4 Å². The molecule has 0 saturated carbocycles. The molecule has 27 heavy (non-hydrogen) atoms. The summed E-state index contributed by atoms with van der Waals surface area (Å²) < 4.78 is 10.4. The van der Waals surface area contributed by atoms with E-state index in [1.807, 2.05) is 29.7 Å². The highest BCUT2D eigenvalue weighted by molar-refractivity contribution is 14.0. The second-order valence-electron chi connectivity index (χ2n) is 6.04. The van der Waals surface area contributed by atoms with Crippen molar-refractivity contribution in [2.24, 2.45) is 10.9 Å². The Morgan fingerprint density at radius 1 is 1.26 bits per heavy atom. The van der Waals surface area contributed by atoms with Crippen LogP contribution in [-0.2, 0) is 17.7 Å². The van der Waals surface area contributed by atoms with Gasteiger partial charge in [-0.1, -0.05) is 19.1 Å². The van der Waals surface area contributed by atoms with Crippen molar-refractivity contribution in [2.75, 3.05) is 33.9 Å². The SMILES string of the molecule is CN=C(NCc1ccc(OCCOC)nc1)NCC(C)Cc1cccs1.I. The average Bonchev–Trinajstić information content (AvgIpc) is 3.16. The van der Waals surface area contributed by atoms with Gasteiger partial charge in [-0.25, -0.2) is 4.98 Å². The van der Waals surface area contributed by atoms with Gasteiger partial charge in [0.25, 0.3) is 0 Å². The molecule has 2 aromatic heterocycles. The van der Waals surface area contributed by atoms with Crippen LogP contribution in [0.1, 0.15) is 17.4 Å². The van der Waals surface area contributed by atoms with Gasteiger partial charge in [-0.15, -0.1) is 35.3 Å². The number of rotatable bonds is 10. The average molecular weight is 504 g/mol. The van der Waals surface area contributed by atoms with Crippen LogP contribution in [-0.4, -0.2) is 44.9 Å². The maximum atomic E-state index is 5.46. The molecule has 0 aromatic carbocycles. The summed E-state index contributed by atoms with van der Waals surface area (Å²) in [6, 6.07) is 8.15. The Kier molecular flexibility index (Phi) is 12.0. The lowest BCUT2D eigenvalue weighted by atomic mass is 10.1. The van der Waals surface area contributed by atoms with Crippen LogP contribution in [0.5, 0.6) is 5.88 Å². The predicted octanol–water partition coefficient (Wildman–Crippen LogP) is 3.33. The van der Waals surface area contributed by atoms with E-state index in [0.717, 1.165) is 24.5 Å². The van der Waals surface area contributed by atoms with Gasteiger partial charge < -0.3 is 20.1 Å². The van der Waals surface area contributed by atoms with Gasteiger partial charge in [0.1, 0.15) is 6.61 Å². The van der Waals surface area contributed by atoms with Crippen molar-refractivity contribution in [1.29, 1.82) is 0 Å². The summed E-state index contributed by atoms with van der Waals surface area (Å²) in [7, 11) is 3.43. The number of pyridine rings is 1. The van der Waals surface area contributed by atoms with E-state index in [2.05, 4.69) is 45.0 Å². The molecule has 0 bridgehead atoms. The van der Waals surface area contributed by atoms with Crippen molar-refractivity contribution >= 4 is 41.3 Å². The van der Waals surface area contributed by atoms with E-state index in [1.165, 1.54) is 4.88 Å². The van der Waals surface area contributed by atoms with Crippen LogP contribution in [0.15, 0.2) is 40.8 Å². The molecule has 150 valence electrons. The number of aromatic nitrogens is 1.